The van der Waals surface area contributed by atoms with E-state index in [9.17, 15) is 9.59 Å². The van der Waals surface area contributed by atoms with Gasteiger partial charge in [0.2, 0.25) is 0 Å². The van der Waals surface area contributed by atoms with Gasteiger partial charge in [-0.1, -0.05) is 6.92 Å². The lowest BCUT2D eigenvalue weighted by Crippen LogP contribution is -2.51. The maximum atomic E-state index is 11.8. The summed E-state index contributed by atoms with van der Waals surface area (Å²) in [6.45, 7) is 4.04. The van der Waals surface area contributed by atoms with Crippen molar-refractivity contribution in [2.75, 3.05) is 33.3 Å². The highest BCUT2D eigenvalue weighted by atomic mass is 16.4. The van der Waals surface area contributed by atoms with Crippen molar-refractivity contribution in [1.82, 2.24) is 15.1 Å². The minimum atomic E-state index is -1.25. The van der Waals surface area contributed by atoms with Gasteiger partial charge in [-0.3, -0.25) is 4.90 Å². The molecule has 2 atom stereocenters. The van der Waals surface area contributed by atoms with E-state index in [1.54, 1.807) is 7.05 Å². The smallest absolute Gasteiger partial charge is 0.328 e. The quantitative estimate of drug-likeness (QED) is 0.610. The fraction of sp³-hybridized carbons (Fsp3) is 0.833. The molecule has 1 heterocycles. The van der Waals surface area contributed by atoms with Crippen molar-refractivity contribution >= 4 is 12.0 Å². The molecule has 0 aliphatic carbocycles. The molecule has 0 bridgehead atoms. The maximum Gasteiger partial charge on any atom is 0.328 e. The van der Waals surface area contributed by atoms with Crippen LogP contribution in [0.2, 0.25) is 0 Å². The number of nitrogens with zero attached hydrogens (tertiary/aromatic N) is 2. The number of carbonyl (C=O) groups excluding carboxylic acids is 1. The van der Waals surface area contributed by atoms with E-state index in [0.29, 0.717) is 12.6 Å². The third-order valence-corrected chi connectivity index (χ3v) is 3.51. The van der Waals surface area contributed by atoms with Crippen LogP contribution < -0.4 is 5.32 Å². The van der Waals surface area contributed by atoms with Crippen LogP contribution in [0, 0.1) is 0 Å². The van der Waals surface area contributed by atoms with Crippen molar-refractivity contribution in [2.24, 2.45) is 0 Å². The molecule has 1 rings (SSSR count). The Morgan fingerprint density at radius 2 is 2.21 bits per heavy atom. The molecule has 0 aromatic carbocycles. The van der Waals surface area contributed by atoms with Gasteiger partial charge in [-0.2, -0.15) is 0 Å². The number of carboxylic acid groups (broad SMARTS) is 1. The van der Waals surface area contributed by atoms with Crippen LogP contribution in [0.3, 0.4) is 0 Å². The Morgan fingerprint density at radius 3 is 2.74 bits per heavy atom. The van der Waals surface area contributed by atoms with Gasteiger partial charge in [0.05, 0.1) is 6.61 Å². The number of aliphatic hydroxyl groups is 1. The predicted molar refractivity (Wildman–Crippen MR) is 69.9 cm³/mol. The summed E-state index contributed by atoms with van der Waals surface area (Å²) < 4.78 is 0. The van der Waals surface area contributed by atoms with Crippen LogP contribution >= 0.6 is 0 Å². The van der Waals surface area contributed by atoms with Gasteiger partial charge >= 0.3 is 12.0 Å². The van der Waals surface area contributed by atoms with Crippen LogP contribution in [0.5, 0.6) is 0 Å². The normalized spacial score (nSPS) is 21.1. The number of amides is 2. The van der Waals surface area contributed by atoms with Crippen molar-refractivity contribution in [3.8, 4) is 0 Å². The molecule has 19 heavy (non-hydrogen) atoms. The van der Waals surface area contributed by atoms with Gasteiger partial charge in [0.1, 0.15) is 0 Å². The summed E-state index contributed by atoms with van der Waals surface area (Å²) in [7, 11) is 1.64. The maximum absolute atomic E-state index is 11.8. The van der Waals surface area contributed by atoms with Crippen LogP contribution in [0.1, 0.15) is 19.8 Å². The summed E-state index contributed by atoms with van der Waals surface area (Å²) in [5.41, 5.74) is 0. The number of carbonyl (C=O) groups is 2. The first-order valence-corrected chi connectivity index (χ1v) is 6.58. The first kappa shape index (κ1) is 15.7. The summed E-state index contributed by atoms with van der Waals surface area (Å²) in [5.74, 6) is -1.24. The third-order valence-electron chi connectivity index (χ3n) is 3.51. The molecular formula is C12H23N3O4. The first-order chi connectivity index (χ1) is 8.99. The standard InChI is InChI=1S/C12H23N3O4/c1-3-15-6-4-5-9(15)7-14(2)12(19)13-10(8-16)11(17)18/h9-10,16H,3-8H2,1-2H3,(H,13,19)(H,17,18)/t9?,10-/m1/s1. The number of aliphatic hydroxyl groups excluding tert-OH is 1. The molecule has 1 aliphatic rings. The highest BCUT2D eigenvalue weighted by Crippen LogP contribution is 2.17. The van der Waals surface area contributed by atoms with Crippen molar-refractivity contribution in [2.45, 2.75) is 31.8 Å². The molecule has 1 saturated heterocycles. The monoisotopic (exact) mass is 273 g/mol. The number of carboxylic acids is 1. The molecule has 1 aliphatic heterocycles. The van der Waals surface area contributed by atoms with Crippen molar-refractivity contribution in [3.05, 3.63) is 0 Å². The molecule has 7 nitrogen and oxygen atoms in total. The van der Waals surface area contributed by atoms with Crippen LogP contribution in [0.15, 0.2) is 0 Å². The van der Waals surface area contributed by atoms with E-state index in [2.05, 4.69) is 17.1 Å². The number of aliphatic carboxylic acids is 1. The number of nitrogens with one attached hydrogen (secondary N) is 1. The van der Waals surface area contributed by atoms with Gasteiger partial charge in [-0.25, -0.2) is 9.59 Å². The molecule has 110 valence electrons. The Hall–Kier alpha value is -1.34. The minimum Gasteiger partial charge on any atom is -0.480 e. The summed E-state index contributed by atoms with van der Waals surface area (Å²) in [4.78, 5) is 26.3. The van der Waals surface area contributed by atoms with Gasteiger partial charge < -0.3 is 20.4 Å². The Bertz CT molecular complexity index is 324. The van der Waals surface area contributed by atoms with E-state index >= 15 is 0 Å². The lowest BCUT2D eigenvalue weighted by Gasteiger charge is -2.28. The van der Waals surface area contributed by atoms with Crippen LogP contribution in [0.4, 0.5) is 4.79 Å². The zero-order valence-electron chi connectivity index (χ0n) is 11.5. The van der Waals surface area contributed by atoms with Crippen LogP contribution in [0.25, 0.3) is 0 Å². The molecule has 2 amide bonds. The number of urea groups is 1. The van der Waals surface area contributed by atoms with Crippen molar-refractivity contribution in [1.29, 1.82) is 0 Å². The molecule has 0 saturated carbocycles. The fourth-order valence-electron chi connectivity index (χ4n) is 2.36. The molecule has 1 unspecified atom stereocenters. The largest absolute Gasteiger partial charge is 0.480 e. The second kappa shape index (κ2) is 7.30. The zero-order valence-corrected chi connectivity index (χ0v) is 11.5. The number of hydrogen-bond acceptors (Lipinski definition) is 4. The van der Waals surface area contributed by atoms with Crippen molar-refractivity contribution < 1.29 is 19.8 Å². The third kappa shape index (κ3) is 4.36. The second-order valence-corrected chi connectivity index (χ2v) is 4.83. The zero-order chi connectivity index (χ0) is 14.4. The van der Waals surface area contributed by atoms with Gasteiger partial charge in [0, 0.05) is 19.6 Å². The lowest BCUT2D eigenvalue weighted by atomic mass is 10.2. The van der Waals surface area contributed by atoms with E-state index in [-0.39, 0.29) is 0 Å². The molecular weight excluding hydrogens is 250 g/mol. The van der Waals surface area contributed by atoms with E-state index < -0.39 is 24.6 Å². The van der Waals surface area contributed by atoms with E-state index in [4.69, 9.17) is 10.2 Å². The minimum absolute atomic E-state index is 0.332. The van der Waals surface area contributed by atoms with E-state index in [1.807, 2.05) is 0 Å². The summed E-state index contributed by atoms with van der Waals surface area (Å²) >= 11 is 0. The topological polar surface area (TPSA) is 93.1 Å². The van der Waals surface area contributed by atoms with Gasteiger partial charge in [-0.15, -0.1) is 0 Å². The predicted octanol–water partition coefficient (Wildman–Crippen LogP) is -0.442. The first-order valence-electron chi connectivity index (χ1n) is 6.58. The molecule has 0 radical (unpaired) electrons. The molecule has 1 fully saturated rings. The molecule has 7 heteroatoms. The van der Waals surface area contributed by atoms with Crippen molar-refractivity contribution in [3.63, 3.8) is 0 Å². The Morgan fingerprint density at radius 1 is 1.53 bits per heavy atom. The summed E-state index contributed by atoms with van der Waals surface area (Å²) in [6, 6.07) is -1.39. The van der Waals surface area contributed by atoms with Gasteiger partial charge in [-0.05, 0) is 25.9 Å². The summed E-state index contributed by atoms with van der Waals surface area (Å²) in [5, 5.41) is 19.9. The average molecular weight is 273 g/mol. The van der Waals surface area contributed by atoms with E-state index in [1.165, 1.54) is 4.90 Å². The number of hydrogen-bond donors (Lipinski definition) is 3. The lowest BCUT2D eigenvalue weighted by molar-refractivity contribution is -0.140. The summed E-state index contributed by atoms with van der Waals surface area (Å²) in [6.07, 6.45) is 2.18. The van der Waals surface area contributed by atoms with Gasteiger partial charge in [0.15, 0.2) is 6.04 Å². The number of likely N-dealkylation sites (tertiary alicyclic amines) is 1. The molecule has 0 aromatic heterocycles. The van der Waals surface area contributed by atoms with Gasteiger partial charge in [0.25, 0.3) is 0 Å². The Kier molecular flexibility index (Phi) is 6.04. The fourth-order valence-corrected chi connectivity index (χ4v) is 2.36. The average Bonchev–Trinajstić information content (AvgIpc) is 2.82. The highest BCUT2D eigenvalue weighted by molar-refractivity contribution is 5.82. The highest BCUT2D eigenvalue weighted by Gasteiger charge is 2.27. The number of likely N-dealkylation sites (N-methyl/N-ethyl adjacent to an activating group) is 2. The second-order valence-electron chi connectivity index (χ2n) is 4.83. The SMILES string of the molecule is CCN1CCCC1CN(C)C(=O)N[C@H](CO)C(=O)O. The van der Waals surface area contributed by atoms with Crippen LogP contribution in [-0.4, -0.2) is 77.4 Å². The Balaban J connectivity index is 2.46. The molecule has 3 N–H and O–H groups in total. The molecule has 0 spiro atoms. The van der Waals surface area contributed by atoms with E-state index in [0.717, 1.165) is 25.9 Å². The number of rotatable bonds is 6. The molecule has 0 aromatic rings. The van der Waals surface area contributed by atoms with Crippen LogP contribution in [-0.2, 0) is 4.79 Å². The Labute approximate surface area is 113 Å².